The van der Waals surface area contributed by atoms with E-state index in [1.165, 1.54) is 0 Å². The quantitative estimate of drug-likeness (QED) is 0.766. The summed E-state index contributed by atoms with van der Waals surface area (Å²) in [6.45, 7) is 6.46. The lowest BCUT2D eigenvalue weighted by Gasteiger charge is -2.37. The van der Waals surface area contributed by atoms with Crippen LogP contribution in [0, 0.1) is 0 Å². The number of amides is 1. The van der Waals surface area contributed by atoms with E-state index in [2.05, 4.69) is 17.1 Å². The maximum absolute atomic E-state index is 12.5. The zero-order chi connectivity index (χ0) is 16.4. The second-order valence-electron chi connectivity index (χ2n) is 7.15. The van der Waals surface area contributed by atoms with E-state index in [1.54, 1.807) is 0 Å². The number of hydrogen-bond donors (Lipinski definition) is 0. The van der Waals surface area contributed by atoms with Crippen LogP contribution in [0.5, 0.6) is 0 Å². The summed E-state index contributed by atoms with van der Waals surface area (Å²) in [5, 5.41) is 1.11. The Morgan fingerprint density at radius 3 is 2.83 bits per heavy atom. The molecule has 0 aliphatic carbocycles. The molecule has 0 radical (unpaired) electrons. The Labute approximate surface area is 137 Å². The van der Waals surface area contributed by atoms with Crippen molar-refractivity contribution in [1.82, 2.24) is 9.88 Å². The van der Waals surface area contributed by atoms with Crippen molar-refractivity contribution in [2.24, 2.45) is 0 Å². The number of para-hydroxylation sites is 1. The molecule has 0 bridgehead atoms. The molecular formula is C19H24N2O2. The molecule has 0 saturated carbocycles. The maximum Gasteiger partial charge on any atom is 0.410 e. The third-order valence-electron chi connectivity index (χ3n) is 4.13. The Morgan fingerprint density at radius 2 is 2.04 bits per heavy atom. The van der Waals surface area contributed by atoms with Crippen LogP contribution in [0.25, 0.3) is 10.9 Å². The van der Waals surface area contributed by atoms with Crippen LogP contribution >= 0.6 is 0 Å². The van der Waals surface area contributed by atoms with E-state index in [0.29, 0.717) is 0 Å². The van der Waals surface area contributed by atoms with E-state index in [9.17, 15) is 4.79 Å². The van der Waals surface area contributed by atoms with Crippen molar-refractivity contribution >= 4 is 17.0 Å². The first-order valence-corrected chi connectivity index (χ1v) is 8.28. The summed E-state index contributed by atoms with van der Waals surface area (Å²) >= 11 is 0. The predicted octanol–water partition coefficient (Wildman–Crippen LogP) is 4.70. The Balaban J connectivity index is 1.89. The van der Waals surface area contributed by atoms with Gasteiger partial charge < -0.3 is 9.64 Å². The van der Waals surface area contributed by atoms with Crippen LogP contribution in [0.2, 0.25) is 0 Å². The summed E-state index contributed by atoms with van der Waals surface area (Å²) in [6.07, 6.45) is 4.78. The molecule has 2 heterocycles. The molecule has 23 heavy (non-hydrogen) atoms. The van der Waals surface area contributed by atoms with Crippen molar-refractivity contribution < 1.29 is 9.53 Å². The molecule has 0 unspecified atom stereocenters. The fourth-order valence-corrected chi connectivity index (χ4v) is 3.09. The van der Waals surface area contributed by atoms with Gasteiger partial charge in [-0.25, -0.2) is 4.79 Å². The van der Waals surface area contributed by atoms with Gasteiger partial charge in [0, 0.05) is 18.1 Å². The van der Waals surface area contributed by atoms with E-state index in [4.69, 9.17) is 4.74 Å². The van der Waals surface area contributed by atoms with Crippen molar-refractivity contribution in [2.75, 3.05) is 6.54 Å². The van der Waals surface area contributed by atoms with Gasteiger partial charge in [-0.3, -0.25) is 4.98 Å². The predicted molar refractivity (Wildman–Crippen MR) is 91.3 cm³/mol. The zero-order valence-electron chi connectivity index (χ0n) is 14.1. The zero-order valence-corrected chi connectivity index (χ0v) is 14.1. The summed E-state index contributed by atoms with van der Waals surface area (Å²) in [5.74, 6) is 0. The van der Waals surface area contributed by atoms with Crippen LogP contribution in [-0.2, 0) is 4.74 Å². The number of piperidine rings is 1. The topological polar surface area (TPSA) is 42.4 Å². The molecule has 1 atom stereocenters. The van der Waals surface area contributed by atoms with Crippen molar-refractivity contribution in [3.8, 4) is 0 Å². The van der Waals surface area contributed by atoms with Crippen LogP contribution in [0.15, 0.2) is 36.5 Å². The number of hydrogen-bond acceptors (Lipinski definition) is 3. The molecule has 3 rings (SSSR count). The van der Waals surface area contributed by atoms with Crippen LogP contribution in [0.3, 0.4) is 0 Å². The SMILES string of the molecule is CC(C)(C)OC(=O)N1CCCC[C@H]1c1cnc2ccccc2c1. The monoisotopic (exact) mass is 312 g/mol. The molecule has 4 nitrogen and oxygen atoms in total. The van der Waals surface area contributed by atoms with Crippen molar-refractivity contribution in [3.63, 3.8) is 0 Å². The second kappa shape index (κ2) is 6.19. The molecule has 122 valence electrons. The molecule has 0 N–H and O–H groups in total. The molecule has 1 aromatic heterocycles. The van der Waals surface area contributed by atoms with Crippen LogP contribution in [0.4, 0.5) is 4.79 Å². The normalized spacial score (nSPS) is 18.9. The molecule has 1 saturated heterocycles. The Bertz CT molecular complexity index is 706. The van der Waals surface area contributed by atoms with Gasteiger partial charge in [0.2, 0.25) is 0 Å². The van der Waals surface area contributed by atoms with Gasteiger partial charge in [0.15, 0.2) is 0 Å². The number of nitrogens with zero attached hydrogens (tertiary/aromatic N) is 2. The first-order chi connectivity index (χ1) is 10.9. The number of benzene rings is 1. The van der Waals surface area contributed by atoms with Crippen LogP contribution in [0.1, 0.15) is 51.6 Å². The number of carbonyl (C=O) groups excluding carboxylic acids is 1. The van der Waals surface area contributed by atoms with E-state index >= 15 is 0 Å². The molecule has 0 spiro atoms. The van der Waals surface area contributed by atoms with Gasteiger partial charge >= 0.3 is 6.09 Å². The number of likely N-dealkylation sites (tertiary alicyclic amines) is 1. The van der Waals surface area contributed by atoms with E-state index in [0.717, 1.165) is 42.3 Å². The highest BCUT2D eigenvalue weighted by molar-refractivity contribution is 5.79. The average molecular weight is 312 g/mol. The molecule has 1 amide bonds. The van der Waals surface area contributed by atoms with Gasteiger partial charge in [-0.05, 0) is 57.7 Å². The Morgan fingerprint density at radius 1 is 1.26 bits per heavy atom. The van der Waals surface area contributed by atoms with Crippen LogP contribution < -0.4 is 0 Å². The lowest BCUT2D eigenvalue weighted by Crippen LogP contribution is -2.41. The van der Waals surface area contributed by atoms with Gasteiger partial charge in [0.05, 0.1) is 11.6 Å². The standard InChI is InChI=1S/C19H24N2O2/c1-19(2,3)23-18(22)21-11-7-6-10-17(21)15-12-14-8-4-5-9-16(14)20-13-15/h4-5,8-9,12-13,17H,6-7,10-11H2,1-3H3/t17-/m0/s1. The van der Waals surface area contributed by atoms with Crippen LogP contribution in [-0.4, -0.2) is 28.1 Å². The smallest absolute Gasteiger partial charge is 0.410 e. The third-order valence-corrected chi connectivity index (χ3v) is 4.13. The van der Waals surface area contributed by atoms with Gasteiger partial charge in [-0.1, -0.05) is 18.2 Å². The molecule has 1 aromatic carbocycles. The number of ether oxygens (including phenoxy) is 1. The number of rotatable bonds is 1. The maximum atomic E-state index is 12.5. The summed E-state index contributed by atoms with van der Waals surface area (Å²) < 4.78 is 5.58. The summed E-state index contributed by atoms with van der Waals surface area (Å²) in [7, 11) is 0. The van der Waals surface area contributed by atoms with E-state index < -0.39 is 5.60 Å². The van der Waals surface area contributed by atoms with Gasteiger partial charge in [-0.15, -0.1) is 0 Å². The first kappa shape index (κ1) is 15.8. The van der Waals surface area contributed by atoms with E-state index in [-0.39, 0.29) is 12.1 Å². The molecule has 1 aliphatic heterocycles. The van der Waals surface area contributed by atoms with Crippen molar-refractivity contribution in [3.05, 3.63) is 42.1 Å². The number of pyridine rings is 1. The molecule has 2 aromatic rings. The van der Waals surface area contributed by atoms with E-state index in [1.807, 2.05) is 50.1 Å². The Hall–Kier alpha value is -2.10. The molecule has 4 heteroatoms. The number of fused-ring (bicyclic) bond motifs is 1. The minimum absolute atomic E-state index is 0.0516. The fourth-order valence-electron chi connectivity index (χ4n) is 3.09. The fraction of sp³-hybridized carbons (Fsp3) is 0.474. The highest BCUT2D eigenvalue weighted by Crippen LogP contribution is 2.33. The van der Waals surface area contributed by atoms with Crippen molar-refractivity contribution in [1.29, 1.82) is 0 Å². The summed E-state index contributed by atoms with van der Waals surface area (Å²) in [6, 6.07) is 10.3. The Kier molecular flexibility index (Phi) is 4.24. The third kappa shape index (κ3) is 3.63. The number of carbonyl (C=O) groups is 1. The average Bonchev–Trinajstić information content (AvgIpc) is 2.53. The first-order valence-electron chi connectivity index (χ1n) is 8.28. The van der Waals surface area contributed by atoms with Gasteiger partial charge in [0.1, 0.15) is 5.60 Å². The molecular weight excluding hydrogens is 288 g/mol. The second-order valence-corrected chi connectivity index (χ2v) is 7.15. The summed E-state index contributed by atoms with van der Waals surface area (Å²) in [4.78, 5) is 19.0. The molecule has 1 aliphatic rings. The lowest BCUT2D eigenvalue weighted by molar-refractivity contribution is 0.00950. The highest BCUT2D eigenvalue weighted by atomic mass is 16.6. The van der Waals surface area contributed by atoms with Gasteiger partial charge in [0.25, 0.3) is 0 Å². The lowest BCUT2D eigenvalue weighted by atomic mass is 9.96. The van der Waals surface area contributed by atoms with Gasteiger partial charge in [-0.2, -0.15) is 0 Å². The minimum atomic E-state index is -0.472. The largest absolute Gasteiger partial charge is 0.444 e. The minimum Gasteiger partial charge on any atom is -0.444 e. The molecule has 1 fully saturated rings. The summed E-state index contributed by atoms with van der Waals surface area (Å²) in [5.41, 5.74) is 1.60. The number of aromatic nitrogens is 1. The van der Waals surface area contributed by atoms with Crippen molar-refractivity contribution in [2.45, 2.75) is 51.7 Å². The highest BCUT2D eigenvalue weighted by Gasteiger charge is 2.31.